The number of nitrogen functional groups attached to an aromatic ring is 1. The first-order valence-corrected chi connectivity index (χ1v) is 5.73. The zero-order chi connectivity index (χ0) is 11.5. The zero-order valence-electron chi connectivity index (χ0n) is 8.58. The number of benzene rings is 2. The number of hydrogen-bond donors (Lipinski definition) is 1. The summed E-state index contributed by atoms with van der Waals surface area (Å²) in [6.45, 7) is 0. The van der Waals surface area contributed by atoms with Gasteiger partial charge in [-0.2, -0.15) is 0 Å². The normalized spacial score (nSPS) is 10.4. The van der Waals surface area contributed by atoms with E-state index in [4.69, 9.17) is 5.73 Å². The molecule has 1 nitrogen and oxygen atoms in total. The number of rotatable bonds is 2. The van der Waals surface area contributed by atoms with Gasteiger partial charge in [0.2, 0.25) is 0 Å². The van der Waals surface area contributed by atoms with Crippen LogP contribution in [0.4, 0.5) is 10.1 Å². The molecule has 2 rings (SSSR count). The van der Waals surface area contributed by atoms with Crippen LogP contribution in [0.3, 0.4) is 0 Å². The van der Waals surface area contributed by atoms with E-state index in [2.05, 4.69) is 15.9 Å². The van der Waals surface area contributed by atoms with Crippen molar-refractivity contribution in [2.75, 3.05) is 5.73 Å². The van der Waals surface area contributed by atoms with Crippen LogP contribution in [0, 0.1) is 5.82 Å². The summed E-state index contributed by atoms with van der Waals surface area (Å²) in [6.07, 6.45) is 0.575. The summed E-state index contributed by atoms with van der Waals surface area (Å²) in [5.74, 6) is -0.181. The van der Waals surface area contributed by atoms with Crippen LogP contribution in [0.25, 0.3) is 0 Å². The molecular formula is C13H11BrFN. The maximum Gasteiger partial charge on any atom is 0.126 e. The van der Waals surface area contributed by atoms with Crippen LogP contribution in [0.5, 0.6) is 0 Å². The molecule has 0 saturated heterocycles. The standard InChI is InChI=1S/C13H11BrFN/c14-11-3-6-13(15)10(8-11)7-9-1-4-12(16)5-2-9/h1-6,8H,7,16H2. The Bertz CT molecular complexity index is 494. The Balaban J connectivity index is 2.26. The van der Waals surface area contributed by atoms with Gasteiger partial charge in [0.05, 0.1) is 0 Å². The number of anilines is 1. The summed E-state index contributed by atoms with van der Waals surface area (Å²) in [4.78, 5) is 0. The second-order valence-corrected chi connectivity index (χ2v) is 4.57. The smallest absolute Gasteiger partial charge is 0.126 e. The highest BCUT2D eigenvalue weighted by Gasteiger charge is 2.03. The molecule has 2 aromatic rings. The molecule has 0 amide bonds. The minimum absolute atomic E-state index is 0.181. The molecule has 2 N–H and O–H groups in total. The van der Waals surface area contributed by atoms with Crippen molar-refractivity contribution in [1.29, 1.82) is 0 Å². The van der Waals surface area contributed by atoms with E-state index in [9.17, 15) is 4.39 Å². The van der Waals surface area contributed by atoms with Crippen molar-refractivity contribution in [2.45, 2.75) is 6.42 Å². The zero-order valence-corrected chi connectivity index (χ0v) is 10.2. The molecule has 2 aromatic carbocycles. The summed E-state index contributed by atoms with van der Waals surface area (Å²) >= 11 is 3.33. The lowest BCUT2D eigenvalue weighted by molar-refractivity contribution is 0.613. The highest BCUT2D eigenvalue weighted by molar-refractivity contribution is 9.10. The first kappa shape index (κ1) is 11.1. The third kappa shape index (κ3) is 2.61. The molecule has 0 atom stereocenters. The van der Waals surface area contributed by atoms with E-state index in [1.165, 1.54) is 6.07 Å². The van der Waals surface area contributed by atoms with Crippen molar-refractivity contribution >= 4 is 21.6 Å². The second kappa shape index (κ2) is 4.66. The third-order valence-electron chi connectivity index (χ3n) is 2.38. The van der Waals surface area contributed by atoms with Crippen molar-refractivity contribution in [3.63, 3.8) is 0 Å². The van der Waals surface area contributed by atoms with Crippen LogP contribution < -0.4 is 5.73 Å². The SMILES string of the molecule is Nc1ccc(Cc2cc(Br)ccc2F)cc1. The number of nitrogens with two attached hydrogens (primary N) is 1. The topological polar surface area (TPSA) is 26.0 Å². The number of hydrogen-bond acceptors (Lipinski definition) is 1. The molecule has 0 radical (unpaired) electrons. The van der Waals surface area contributed by atoms with Crippen LogP contribution in [-0.2, 0) is 6.42 Å². The highest BCUT2D eigenvalue weighted by atomic mass is 79.9. The van der Waals surface area contributed by atoms with Crippen LogP contribution in [0.1, 0.15) is 11.1 Å². The minimum atomic E-state index is -0.181. The monoisotopic (exact) mass is 279 g/mol. The van der Waals surface area contributed by atoms with Gasteiger partial charge < -0.3 is 5.73 Å². The van der Waals surface area contributed by atoms with E-state index in [0.717, 1.165) is 15.7 Å². The Morgan fingerprint density at radius 3 is 2.44 bits per heavy atom. The van der Waals surface area contributed by atoms with Gasteiger partial charge in [-0.3, -0.25) is 0 Å². The molecule has 0 spiro atoms. The van der Waals surface area contributed by atoms with Gasteiger partial charge in [-0.25, -0.2) is 4.39 Å². The molecule has 16 heavy (non-hydrogen) atoms. The lowest BCUT2D eigenvalue weighted by Crippen LogP contribution is -1.93. The van der Waals surface area contributed by atoms with Gasteiger partial charge in [-0.1, -0.05) is 28.1 Å². The fourth-order valence-corrected chi connectivity index (χ4v) is 1.94. The second-order valence-electron chi connectivity index (χ2n) is 3.65. The van der Waals surface area contributed by atoms with E-state index in [1.54, 1.807) is 12.1 Å². The molecule has 82 valence electrons. The highest BCUT2D eigenvalue weighted by Crippen LogP contribution is 2.19. The van der Waals surface area contributed by atoms with Crippen molar-refractivity contribution in [2.24, 2.45) is 0 Å². The van der Waals surface area contributed by atoms with E-state index >= 15 is 0 Å². The van der Waals surface area contributed by atoms with Gasteiger partial charge in [-0.15, -0.1) is 0 Å². The molecule has 0 aliphatic heterocycles. The van der Waals surface area contributed by atoms with Gasteiger partial charge in [0, 0.05) is 16.6 Å². The molecule has 0 bridgehead atoms. The largest absolute Gasteiger partial charge is 0.399 e. The summed E-state index contributed by atoms with van der Waals surface area (Å²) in [5.41, 5.74) is 8.04. The molecule has 0 unspecified atom stereocenters. The van der Waals surface area contributed by atoms with Crippen molar-refractivity contribution in [3.8, 4) is 0 Å². The molecule has 0 fully saturated rings. The van der Waals surface area contributed by atoms with Gasteiger partial charge in [0.15, 0.2) is 0 Å². The van der Waals surface area contributed by atoms with E-state index in [-0.39, 0.29) is 5.82 Å². The van der Waals surface area contributed by atoms with Crippen LogP contribution in [0.2, 0.25) is 0 Å². The van der Waals surface area contributed by atoms with Crippen LogP contribution in [0.15, 0.2) is 46.9 Å². The van der Waals surface area contributed by atoms with Gasteiger partial charge >= 0.3 is 0 Å². The molecule has 3 heteroatoms. The first-order valence-electron chi connectivity index (χ1n) is 4.93. The Labute approximate surface area is 102 Å². The molecule has 0 heterocycles. The molecular weight excluding hydrogens is 269 g/mol. The van der Waals surface area contributed by atoms with E-state index in [1.807, 2.05) is 24.3 Å². The predicted octanol–water partition coefficient (Wildman–Crippen LogP) is 3.76. The van der Waals surface area contributed by atoms with E-state index in [0.29, 0.717) is 12.0 Å². The van der Waals surface area contributed by atoms with Crippen molar-refractivity contribution in [1.82, 2.24) is 0 Å². The van der Waals surface area contributed by atoms with Crippen LogP contribution in [-0.4, -0.2) is 0 Å². The lowest BCUT2D eigenvalue weighted by atomic mass is 10.0. The summed E-state index contributed by atoms with van der Waals surface area (Å²) < 4.78 is 14.4. The third-order valence-corrected chi connectivity index (χ3v) is 2.88. The maximum atomic E-state index is 13.5. The minimum Gasteiger partial charge on any atom is -0.399 e. The van der Waals surface area contributed by atoms with Gasteiger partial charge in [0.25, 0.3) is 0 Å². The lowest BCUT2D eigenvalue weighted by Gasteiger charge is -2.04. The Hall–Kier alpha value is -1.35. The Kier molecular flexibility index (Phi) is 3.25. The fraction of sp³-hybridized carbons (Fsp3) is 0.0769. The Morgan fingerprint density at radius 2 is 1.75 bits per heavy atom. The van der Waals surface area contributed by atoms with Crippen molar-refractivity contribution < 1.29 is 4.39 Å². The molecule has 0 aliphatic carbocycles. The van der Waals surface area contributed by atoms with Crippen LogP contribution >= 0.6 is 15.9 Å². The molecule has 0 saturated carbocycles. The van der Waals surface area contributed by atoms with Crippen molar-refractivity contribution in [3.05, 3.63) is 63.9 Å². The van der Waals surface area contributed by atoms with E-state index < -0.39 is 0 Å². The maximum absolute atomic E-state index is 13.5. The number of halogens is 2. The first-order chi connectivity index (χ1) is 7.65. The fourth-order valence-electron chi connectivity index (χ4n) is 1.53. The predicted molar refractivity (Wildman–Crippen MR) is 67.8 cm³/mol. The average Bonchev–Trinajstić information content (AvgIpc) is 2.27. The van der Waals surface area contributed by atoms with Gasteiger partial charge in [-0.05, 0) is 41.5 Å². The average molecular weight is 280 g/mol. The van der Waals surface area contributed by atoms with Gasteiger partial charge in [0.1, 0.15) is 5.82 Å². The molecule has 0 aromatic heterocycles. The molecule has 0 aliphatic rings. The Morgan fingerprint density at radius 1 is 1.06 bits per heavy atom. The summed E-state index contributed by atoms with van der Waals surface area (Å²) in [7, 11) is 0. The quantitative estimate of drug-likeness (QED) is 0.833. The summed E-state index contributed by atoms with van der Waals surface area (Å²) in [5, 5.41) is 0. The summed E-state index contributed by atoms with van der Waals surface area (Å²) in [6, 6.07) is 12.4.